The number of aromatic carboxylic acids is 1. The van der Waals surface area contributed by atoms with Gasteiger partial charge in [-0.25, -0.2) is 9.00 Å². The van der Waals surface area contributed by atoms with Crippen molar-refractivity contribution in [2.45, 2.75) is 43.4 Å². The number of aryl methyl sites for hydroxylation is 3. The third-order valence-corrected chi connectivity index (χ3v) is 12.0. The van der Waals surface area contributed by atoms with Gasteiger partial charge in [0.15, 0.2) is 10.9 Å². The average Bonchev–Trinajstić information content (AvgIpc) is 3.30. The Morgan fingerprint density at radius 1 is 0.529 bits per heavy atom. The molecule has 0 unspecified atom stereocenters. The van der Waals surface area contributed by atoms with Gasteiger partial charge in [0.25, 0.3) is 0 Å². The quantitative estimate of drug-likeness (QED) is 0.0322. The second-order valence-corrected chi connectivity index (χ2v) is 20.6. The van der Waals surface area contributed by atoms with Gasteiger partial charge in [0.2, 0.25) is 14.5 Å². The second kappa shape index (κ2) is 29.6. The first-order chi connectivity index (χ1) is 33.0. The van der Waals surface area contributed by atoms with Crippen LogP contribution in [0.3, 0.4) is 0 Å². The minimum absolute atomic E-state index is 0.0199. The molecule has 368 valence electrons. The SMILES string of the molecule is O=C(Cl)CCc1ccc2sc3ccccc3c(=O)c2c1.O=C(O)CCc1ccc2sc3ccccc3c(=O)c2c1.O=C(O)CCc1ccccc1.O=C(O)c1ccccc1S.O=S(=O)(O)O.O=S(Cl)Cl. The van der Waals surface area contributed by atoms with Crippen LogP contribution in [0.4, 0.5) is 0 Å². The van der Waals surface area contributed by atoms with Gasteiger partial charge in [-0.05, 0) is 108 Å². The van der Waals surface area contributed by atoms with Crippen molar-refractivity contribution in [2.75, 3.05) is 0 Å². The minimum atomic E-state index is -4.67. The lowest BCUT2D eigenvalue weighted by molar-refractivity contribution is -0.138. The Hall–Kier alpha value is -5.58. The minimum Gasteiger partial charge on any atom is -0.481 e. The lowest BCUT2D eigenvalue weighted by atomic mass is 10.1. The molecule has 0 radical (unpaired) electrons. The van der Waals surface area contributed by atoms with Gasteiger partial charge >= 0.3 is 28.3 Å². The first-order valence-electron chi connectivity index (χ1n) is 20.0. The molecule has 0 bridgehead atoms. The van der Waals surface area contributed by atoms with Gasteiger partial charge < -0.3 is 15.3 Å². The van der Waals surface area contributed by atoms with Crippen LogP contribution in [0.5, 0.6) is 0 Å². The Morgan fingerprint density at radius 3 is 1.27 bits per heavy atom. The zero-order valence-electron chi connectivity index (χ0n) is 36.1. The highest BCUT2D eigenvalue weighted by Crippen LogP contribution is 2.27. The maximum atomic E-state index is 12.5. The van der Waals surface area contributed by atoms with E-state index >= 15 is 0 Å². The van der Waals surface area contributed by atoms with Crippen molar-refractivity contribution >= 4 is 151 Å². The fraction of sp³-hybridized carbons (Fsp3) is 0.125. The predicted molar refractivity (Wildman–Crippen MR) is 283 cm³/mol. The van der Waals surface area contributed by atoms with Gasteiger partial charge in [-0.1, -0.05) is 78.9 Å². The fourth-order valence-corrected chi connectivity index (χ4v) is 8.51. The van der Waals surface area contributed by atoms with Crippen LogP contribution in [-0.4, -0.2) is 60.2 Å². The van der Waals surface area contributed by atoms with Crippen LogP contribution in [0.25, 0.3) is 40.3 Å². The van der Waals surface area contributed by atoms with Crippen LogP contribution in [0.15, 0.2) is 154 Å². The lowest BCUT2D eigenvalue weighted by Crippen LogP contribution is -2.02. The summed E-state index contributed by atoms with van der Waals surface area (Å²) in [6, 6.07) is 42.8. The molecule has 0 saturated carbocycles. The summed E-state index contributed by atoms with van der Waals surface area (Å²) in [4.78, 5) is 67.4. The third-order valence-electron chi connectivity index (χ3n) is 9.12. The van der Waals surface area contributed by atoms with E-state index in [1.54, 1.807) is 40.9 Å². The molecule has 0 saturated heterocycles. The Kier molecular flexibility index (Phi) is 24.8. The van der Waals surface area contributed by atoms with Crippen molar-refractivity contribution in [1.29, 1.82) is 0 Å². The van der Waals surface area contributed by atoms with Crippen LogP contribution >= 0.6 is 68.3 Å². The molecule has 2 heterocycles. The molecule has 70 heavy (non-hydrogen) atoms. The van der Waals surface area contributed by atoms with E-state index in [0.29, 0.717) is 34.9 Å². The standard InChI is InChI=1S/C16H11ClO2S.C16H12O3S.C9H10O2.C7H6O2S.Cl2OS.H2O4S/c2*17-15(18)8-6-10-5-7-14-12(9-10)16(19)11-3-1-2-4-13(11)20-14;10-9(11)7-6-8-4-2-1-3-5-8;8-7(9)5-3-1-2-4-6(5)10;1-4(2)3;1-5(2,3)4/h1-5,7,9H,6,8H2;1-5,7,9H,6,8H2,(H,17,18);1-5H,6-7H2,(H,10,11);1-4,10H,(H,8,9);;(H2,1,2,3,4). The predicted octanol–water partition coefficient (Wildman–Crippen LogP) is 11.3. The lowest BCUT2D eigenvalue weighted by Gasteiger charge is -2.03. The van der Waals surface area contributed by atoms with E-state index in [2.05, 4.69) is 34.0 Å². The van der Waals surface area contributed by atoms with E-state index in [0.717, 1.165) is 46.3 Å². The van der Waals surface area contributed by atoms with Crippen LogP contribution in [0.1, 0.15) is 46.3 Å². The van der Waals surface area contributed by atoms with E-state index in [-0.39, 0.29) is 40.9 Å². The molecule has 6 aromatic carbocycles. The first kappa shape index (κ1) is 58.7. The highest BCUT2D eigenvalue weighted by atomic mass is 36.0. The van der Waals surface area contributed by atoms with E-state index < -0.39 is 37.5 Å². The van der Waals surface area contributed by atoms with Gasteiger partial charge in [0, 0.05) is 85.9 Å². The zero-order chi connectivity index (χ0) is 52.0. The van der Waals surface area contributed by atoms with Gasteiger partial charge in [-0.2, -0.15) is 8.42 Å². The summed E-state index contributed by atoms with van der Waals surface area (Å²) >= 11 is 12.5. The maximum Gasteiger partial charge on any atom is 0.394 e. The number of hydrogen-bond acceptors (Lipinski definition) is 12. The highest BCUT2D eigenvalue weighted by Gasteiger charge is 2.09. The molecule has 8 aromatic rings. The zero-order valence-corrected chi connectivity index (χ0v) is 42.6. The van der Waals surface area contributed by atoms with E-state index in [1.165, 1.54) is 6.07 Å². The van der Waals surface area contributed by atoms with Gasteiger partial charge in [-0.3, -0.25) is 33.1 Å². The third kappa shape index (κ3) is 21.6. The number of carbonyl (C=O) groups excluding carboxylic acids is 1. The Morgan fingerprint density at radius 2 is 0.886 bits per heavy atom. The average molecular weight is 1110 g/mol. The summed E-state index contributed by atoms with van der Waals surface area (Å²) in [6.45, 7) is 0. The van der Waals surface area contributed by atoms with Crippen LogP contribution in [0.2, 0.25) is 0 Å². The molecular weight excluding hydrogens is 1070 g/mol. The summed E-state index contributed by atoms with van der Waals surface area (Å²) in [5.41, 5.74) is 3.24. The van der Waals surface area contributed by atoms with Gasteiger partial charge in [0.05, 0.1) is 5.56 Å². The van der Waals surface area contributed by atoms with E-state index in [4.69, 9.17) is 48.7 Å². The largest absolute Gasteiger partial charge is 0.481 e. The number of aliphatic carboxylic acids is 2. The summed E-state index contributed by atoms with van der Waals surface area (Å²) in [5, 5.41) is 28.1. The van der Waals surface area contributed by atoms with Gasteiger partial charge in [-0.15, -0.1) is 35.3 Å². The molecule has 5 N–H and O–H groups in total. The van der Waals surface area contributed by atoms with Crippen LogP contribution in [-0.2, 0) is 53.3 Å². The monoisotopic (exact) mass is 1110 g/mol. The van der Waals surface area contributed by atoms with Crippen molar-refractivity contribution < 1.29 is 56.2 Å². The maximum absolute atomic E-state index is 12.5. The van der Waals surface area contributed by atoms with E-state index in [1.807, 2.05) is 115 Å². The summed E-state index contributed by atoms with van der Waals surface area (Å²) in [7, 11) is 2.69. The van der Waals surface area contributed by atoms with Crippen LogP contribution < -0.4 is 10.9 Å². The normalized spacial score (nSPS) is 10.4. The smallest absolute Gasteiger partial charge is 0.394 e. The first-order valence-corrected chi connectivity index (χ1v) is 26.7. The molecule has 0 spiro atoms. The molecule has 0 amide bonds. The Balaban J connectivity index is 0.000000241. The number of carboxylic acid groups (broad SMARTS) is 3. The van der Waals surface area contributed by atoms with Crippen molar-refractivity contribution in [3.05, 3.63) is 182 Å². The number of rotatable bonds is 10. The molecular formula is C48H41Cl3O14S5. The number of carboxylic acids is 3. The second-order valence-electron chi connectivity index (χ2n) is 14.1. The molecule has 0 atom stereocenters. The van der Waals surface area contributed by atoms with Crippen molar-refractivity contribution in [3.63, 3.8) is 0 Å². The molecule has 0 aliphatic rings. The summed E-state index contributed by atoms with van der Waals surface area (Å²) < 4.78 is 44.5. The number of carbonyl (C=O) groups is 4. The molecule has 2 aromatic heterocycles. The molecule has 14 nitrogen and oxygen atoms in total. The van der Waals surface area contributed by atoms with Gasteiger partial charge in [0.1, 0.15) is 0 Å². The van der Waals surface area contributed by atoms with Crippen molar-refractivity contribution in [3.8, 4) is 0 Å². The molecule has 0 fully saturated rings. The fourth-order valence-electron chi connectivity index (χ4n) is 6.06. The topological polar surface area (TPSA) is 255 Å². The summed E-state index contributed by atoms with van der Waals surface area (Å²) in [6.07, 6.45) is 2.21. The Bertz CT molecular complexity index is 3190. The number of halogens is 3. The number of benzene rings is 6. The molecule has 8 rings (SSSR count). The number of hydrogen-bond donors (Lipinski definition) is 6. The molecule has 0 aliphatic heterocycles. The Labute approximate surface area is 430 Å². The highest BCUT2D eigenvalue weighted by molar-refractivity contribution is 8.26. The van der Waals surface area contributed by atoms with Crippen molar-refractivity contribution in [1.82, 2.24) is 0 Å². The number of thiol groups is 1. The van der Waals surface area contributed by atoms with Crippen molar-refractivity contribution in [2.24, 2.45) is 0 Å². The summed E-state index contributed by atoms with van der Waals surface area (Å²) in [5.74, 6) is -2.51. The van der Waals surface area contributed by atoms with Crippen LogP contribution in [0, 0.1) is 0 Å². The number of fused-ring (bicyclic) bond motifs is 4. The van der Waals surface area contributed by atoms with E-state index in [9.17, 15) is 28.8 Å². The molecule has 22 heteroatoms. The molecule has 0 aliphatic carbocycles.